The molecule has 4 rings (SSSR count). The van der Waals surface area contributed by atoms with E-state index >= 15 is 0 Å². The van der Waals surface area contributed by atoms with E-state index in [1.54, 1.807) is 7.11 Å². The summed E-state index contributed by atoms with van der Waals surface area (Å²) in [6.45, 7) is 3.52. The van der Waals surface area contributed by atoms with E-state index in [1.807, 2.05) is 29.2 Å². The normalized spacial score (nSPS) is 14.5. The molecular formula is C26H29N3O2. The molecule has 0 aromatic heterocycles. The van der Waals surface area contributed by atoms with Gasteiger partial charge in [0.15, 0.2) is 0 Å². The number of nitrogens with one attached hydrogen (secondary N) is 1. The highest BCUT2D eigenvalue weighted by Gasteiger charge is 2.28. The van der Waals surface area contributed by atoms with Crippen molar-refractivity contribution in [3.8, 4) is 5.75 Å². The van der Waals surface area contributed by atoms with Crippen LogP contribution in [0.4, 0.5) is 4.79 Å². The van der Waals surface area contributed by atoms with Crippen LogP contribution in [0.2, 0.25) is 0 Å². The molecule has 2 amide bonds. The van der Waals surface area contributed by atoms with Gasteiger partial charge >= 0.3 is 6.03 Å². The molecule has 0 radical (unpaired) electrons. The summed E-state index contributed by atoms with van der Waals surface area (Å²) >= 11 is 0. The molecule has 1 aliphatic heterocycles. The molecule has 1 fully saturated rings. The third-order valence-corrected chi connectivity index (χ3v) is 5.82. The molecule has 0 atom stereocenters. The summed E-state index contributed by atoms with van der Waals surface area (Å²) in [6, 6.07) is 29.1. The fourth-order valence-corrected chi connectivity index (χ4v) is 4.20. The summed E-state index contributed by atoms with van der Waals surface area (Å²) in [5.41, 5.74) is 3.54. The molecule has 1 aliphatic rings. The number of carbonyl (C=O) groups excluding carboxylic acids is 1. The first-order valence-corrected chi connectivity index (χ1v) is 10.7. The summed E-state index contributed by atoms with van der Waals surface area (Å²) in [5, 5.41) is 3.04. The molecule has 5 nitrogen and oxygen atoms in total. The van der Waals surface area contributed by atoms with Crippen molar-refractivity contribution in [2.24, 2.45) is 0 Å². The zero-order valence-electron chi connectivity index (χ0n) is 17.9. The van der Waals surface area contributed by atoms with Crippen molar-refractivity contribution >= 4 is 6.03 Å². The Morgan fingerprint density at radius 3 is 1.97 bits per heavy atom. The van der Waals surface area contributed by atoms with Crippen molar-refractivity contribution in [2.75, 3.05) is 33.3 Å². The second-order valence-corrected chi connectivity index (χ2v) is 7.72. The number of urea groups is 1. The Morgan fingerprint density at radius 1 is 0.839 bits per heavy atom. The summed E-state index contributed by atoms with van der Waals surface area (Å²) in [6.07, 6.45) is 0. The predicted molar refractivity (Wildman–Crippen MR) is 123 cm³/mol. The number of benzene rings is 3. The molecule has 1 heterocycles. The van der Waals surface area contributed by atoms with E-state index in [4.69, 9.17) is 4.74 Å². The fourth-order valence-electron chi connectivity index (χ4n) is 4.20. The van der Waals surface area contributed by atoms with Crippen molar-refractivity contribution in [1.29, 1.82) is 0 Å². The van der Waals surface area contributed by atoms with Crippen molar-refractivity contribution in [2.45, 2.75) is 12.6 Å². The fraction of sp³-hybridized carbons (Fsp3) is 0.269. The topological polar surface area (TPSA) is 44.8 Å². The molecule has 0 aliphatic carbocycles. The third kappa shape index (κ3) is 5.06. The number of ether oxygens (including phenoxy) is 1. The van der Waals surface area contributed by atoms with Crippen LogP contribution in [-0.2, 0) is 6.54 Å². The van der Waals surface area contributed by atoms with Crippen LogP contribution in [0.25, 0.3) is 0 Å². The number of nitrogens with zero attached hydrogens (tertiary/aromatic N) is 2. The molecule has 0 saturated carbocycles. The van der Waals surface area contributed by atoms with Crippen LogP contribution >= 0.6 is 0 Å². The van der Waals surface area contributed by atoms with E-state index in [9.17, 15) is 4.79 Å². The Bertz CT molecular complexity index is 931. The van der Waals surface area contributed by atoms with Gasteiger partial charge in [0.05, 0.1) is 13.2 Å². The lowest BCUT2D eigenvalue weighted by Gasteiger charge is -2.39. The summed E-state index contributed by atoms with van der Waals surface area (Å²) < 4.78 is 5.38. The van der Waals surface area contributed by atoms with Gasteiger partial charge in [-0.15, -0.1) is 0 Å². The predicted octanol–water partition coefficient (Wildman–Crippen LogP) is 4.31. The van der Waals surface area contributed by atoms with Gasteiger partial charge in [0.2, 0.25) is 0 Å². The smallest absolute Gasteiger partial charge is 0.317 e. The monoisotopic (exact) mass is 415 g/mol. The first-order chi connectivity index (χ1) is 15.3. The maximum absolute atomic E-state index is 12.7. The van der Waals surface area contributed by atoms with Crippen LogP contribution in [-0.4, -0.2) is 49.1 Å². The lowest BCUT2D eigenvalue weighted by atomic mass is 9.96. The molecule has 31 heavy (non-hydrogen) atoms. The van der Waals surface area contributed by atoms with E-state index in [1.165, 1.54) is 11.1 Å². The van der Waals surface area contributed by atoms with Gasteiger partial charge in [0, 0.05) is 38.3 Å². The van der Waals surface area contributed by atoms with Gasteiger partial charge in [-0.1, -0.05) is 78.9 Å². The van der Waals surface area contributed by atoms with Gasteiger partial charge < -0.3 is 15.0 Å². The van der Waals surface area contributed by atoms with Crippen molar-refractivity contribution in [3.63, 3.8) is 0 Å². The second-order valence-electron chi connectivity index (χ2n) is 7.72. The van der Waals surface area contributed by atoms with E-state index in [-0.39, 0.29) is 12.1 Å². The highest BCUT2D eigenvalue weighted by molar-refractivity contribution is 5.74. The largest absolute Gasteiger partial charge is 0.496 e. The molecule has 3 aromatic rings. The highest BCUT2D eigenvalue weighted by Crippen LogP contribution is 2.29. The van der Waals surface area contributed by atoms with Crippen LogP contribution in [0.3, 0.4) is 0 Å². The average Bonchev–Trinajstić information content (AvgIpc) is 2.84. The number of piperazine rings is 1. The Labute approximate surface area is 184 Å². The van der Waals surface area contributed by atoms with Crippen LogP contribution < -0.4 is 10.1 Å². The lowest BCUT2D eigenvalue weighted by Crippen LogP contribution is -2.52. The highest BCUT2D eigenvalue weighted by atomic mass is 16.5. The maximum atomic E-state index is 12.7. The van der Waals surface area contributed by atoms with Crippen molar-refractivity contribution in [3.05, 3.63) is 102 Å². The molecule has 1 N–H and O–H groups in total. The zero-order chi connectivity index (χ0) is 21.5. The summed E-state index contributed by atoms with van der Waals surface area (Å²) in [7, 11) is 1.65. The number of rotatable bonds is 6. The number of amides is 2. The van der Waals surface area contributed by atoms with E-state index in [0.717, 1.165) is 24.4 Å². The Balaban J connectivity index is 1.39. The molecular weight excluding hydrogens is 386 g/mol. The lowest BCUT2D eigenvalue weighted by molar-refractivity contribution is 0.120. The van der Waals surface area contributed by atoms with Gasteiger partial charge in [-0.2, -0.15) is 0 Å². The molecule has 5 heteroatoms. The first-order valence-electron chi connectivity index (χ1n) is 10.7. The molecule has 3 aromatic carbocycles. The van der Waals surface area contributed by atoms with Gasteiger partial charge in [-0.25, -0.2) is 4.79 Å². The minimum absolute atomic E-state index is 0.0264. The number of methoxy groups -OCH3 is 1. The number of para-hydroxylation sites is 1. The Hall–Kier alpha value is -3.31. The maximum Gasteiger partial charge on any atom is 0.317 e. The van der Waals surface area contributed by atoms with E-state index in [2.05, 4.69) is 70.9 Å². The SMILES string of the molecule is COc1ccccc1CNC(=O)N1CCN(C(c2ccccc2)c2ccccc2)CC1. The molecule has 0 unspecified atom stereocenters. The van der Waals surface area contributed by atoms with Crippen LogP contribution in [0.1, 0.15) is 22.7 Å². The van der Waals surface area contributed by atoms with Gasteiger partial charge in [-0.3, -0.25) is 4.90 Å². The van der Waals surface area contributed by atoms with Gasteiger partial charge in [0.25, 0.3) is 0 Å². The summed E-state index contributed by atoms with van der Waals surface area (Å²) in [4.78, 5) is 17.1. The van der Waals surface area contributed by atoms with Crippen molar-refractivity contribution < 1.29 is 9.53 Å². The van der Waals surface area contributed by atoms with Crippen LogP contribution in [0.15, 0.2) is 84.9 Å². The summed E-state index contributed by atoms with van der Waals surface area (Å²) in [5.74, 6) is 0.793. The Kier molecular flexibility index (Phi) is 6.85. The van der Waals surface area contributed by atoms with Crippen molar-refractivity contribution in [1.82, 2.24) is 15.1 Å². The van der Waals surface area contributed by atoms with E-state index in [0.29, 0.717) is 19.6 Å². The van der Waals surface area contributed by atoms with Gasteiger partial charge in [0.1, 0.15) is 5.75 Å². The third-order valence-electron chi connectivity index (χ3n) is 5.82. The molecule has 0 bridgehead atoms. The molecule has 160 valence electrons. The van der Waals surface area contributed by atoms with E-state index < -0.39 is 0 Å². The Morgan fingerprint density at radius 2 is 1.39 bits per heavy atom. The van der Waals surface area contributed by atoms with Crippen LogP contribution in [0.5, 0.6) is 5.75 Å². The van der Waals surface area contributed by atoms with Crippen LogP contribution in [0, 0.1) is 0 Å². The standard InChI is InChI=1S/C26H29N3O2/c1-31-24-15-9-8-14-23(24)20-27-26(30)29-18-16-28(17-19-29)25(21-10-4-2-5-11-21)22-12-6-3-7-13-22/h2-15,25H,16-20H2,1H3,(H,27,30). The average molecular weight is 416 g/mol. The van der Waals surface area contributed by atoms with Gasteiger partial charge in [-0.05, 0) is 17.2 Å². The second kappa shape index (κ2) is 10.1. The minimum atomic E-state index is -0.0264. The quantitative estimate of drug-likeness (QED) is 0.652. The minimum Gasteiger partial charge on any atom is -0.496 e. The number of hydrogen-bond acceptors (Lipinski definition) is 3. The number of carbonyl (C=O) groups is 1. The molecule has 0 spiro atoms. The first kappa shape index (κ1) is 20.9. The zero-order valence-corrected chi connectivity index (χ0v) is 17.9. The number of hydrogen-bond donors (Lipinski definition) is 1. The molecule has 1 saturated heterocycles.